The lowest BCUT2D eigenvalue weighted by molar-refractivity contribution is -0.120. The molecule has 1 saturated heterocycles. The molecule has 1 N–H and O–H groups in total. The normalized spacial score (nSPS) is 18.5. The third kappa shape index (κ3) is 4.03. The van der Waals surface area contributed by atoms with Crippen molar-refractivity contribution in [1.82, 2.24) is 9.29 Å². The highest BCUT2D eigenvalue weighted by atomic mass is 35.5. The van der Waals surface area contributed by atoms with E-state index >= 15 is 0 Å². The summed E-state index contributed by atoms with van der Waals surface area (Å²) in [6, 6.07) is 6.97. The highest BCUT2D eigenvalue weighted by molar-refractivity contribution is 7.89. The Morgan fingerprint density at radius 1 is 1.35 bits per heavy atom. The number of nitrogens with one attached hydrogen (secondary N) is 1. The lowest BCUT2D eigenvalue weighted by Crippen LogP contribution is -2.43. The van der Waals surface area contributed by atoms with Crippen LogP contribution in [0.4, 0.5) is 10.1 Å². The lowest BCUT2D eigenvalue weighted by Gasteiger charge is -2.31. The Morgan fingerprint density at radius 2 is 2.15 bits per heavy atom. The maximum atomic E-state index is 13.9. The Hall–Kier alpha value is -2.03. The third-order valence-corrected chi connectivity index (χ3v) is 6.30. The highest BCUT2D eigenvalue weighted by Crippen LogP contribution is 2.25. The van der Waals surface area contributed by atoms with Crippen molar-refractivity contribution in [2.24, 2.45) is 5.92 Å². The molecule has 2 aromatic rings. The molecule has 1 aromatic carbocycles. The summed E-state index contributed by atoms with van der Waals surface area (Å²) in [4.78, 5) is 16.4. The maximum Gasteiger partial charge on any atom is 0.244 e. The zero-order valence-corrected chi connectivity index (χ0v) is 15.3. The fourth-order valence-electron chi connectivity index (χ4n) is 2.85. The van der Waals surface area contributed by atoms with Crippen LogP contribution >= 0.6 is 11.6 Å². The number of amides is 1. The summed E-state index contributed by atoms with van der Waals surface area (Å²) in [5.41, 5.74) is 0.0200. The standard InChI is InChI=1S/C17H17ClFN3O3S/c18-13-5-6-16(15(19)9-13)21-17(23)12-3-2-8-22(11-12)26(24,25)14-4-1-7-20-10-14/h1,4-7,9-10,12H,2-3,8,11H2,(H,21,23). The fraction of sp³-hybridized carbons (Fsp3) is 0.294. The number of aromatic nitrogens is 1. The van der Waals surface area contributed by atoms with Crippen molar-refractivity contribution in [3.8, 4) is 0 Å². The number of rotatable bonds is 4. The minimum absolute atomic E-state index is 0.0200. The molecule has 3 rings (SSSR count). The van der Waals surface area contributed by atoms with Crippen LogP contribution in [0.25, 0.3) is 0 Å². The summed E-state index contributed by atoms with van der Waals surface area (Å²) in [7, 11) is -3.72. The van der Waals surface area contributed by atoms with Crippen molar-refractivity contribution >= 4 is 33.2 Å². The smallest absolute Gasteiger partial charge is 0.244 e. The van der Waals surface area contributed by atoms with Crippen LogP contribution < -0.4 is 5.32 Å². The fourth-order valence-corrected chi connectivity index (χ4v) is 4.50. The van der Waals surface area contributed by atoms with Crippen LogP contribution in [0.1, 0.15) is 12.8 Å². The summed E-state index contributed by atoms with van der Waals surface area (Å²) in [5, 5.41) is 2.74. The molecule has 1 aliphatic rings. The molecule has 1 amide bonds. The SMILES string of the molecule is O=C(Nc1ccc(Cl)cc1F)C1CCCN(S(=O)(=O)c2cccnc2)C1. The van der Waals surface area contributed by atoms with Crippen LogP contribution in [-0.2, 0) is 14.8 Å². The maximum absolute atomic E-state index is 13.9. The summed E-state index contributed by atoms with van der Waals surface area (Å²) in [6.07, 6.45) is 3.84. The Bertz CT molecular complexity index is 909. The Kier molecular flexibility index (Phi) is 5.55. The molecule has 9 heteroatoms. The number of anilines is 1. The second-order valence-electron chi connectivity index (χ2n) is 6.00. The van der Waals surface area contributed by atoms with Gasteiger partial charge in [-0.2, -0.15) is 4.31 Å². The van der Waals surface area contributed by atoms with E-state index in [9.17, 15) is 17.6 Å². The Balaban J connectivity index is 1.73. The van der Waals surface area contributed by atoms with Gasteiger partial charge >= 0.3 is 0 Å². The zero-order chi connectivity index (χ0) is 18.7. The summed E-state index contributed by atoms with van der Waals surface area (Å²) < 4.78 is 40.5. The molecule has 1 aliphatic heterocycles. The number of sulfonamides is 1. The van der Waals surface area contributed by atoms with Crippen molar-refractivity contribution in [3.63, 3.8) is 0 Å². The van der Waals surface area contributed by atoms with Gasteiger partial charge in [0.2, 0.25) is 15.9 Å². The average molecular weight is 398 g/mol. The lowest BCUT2D eigenvalue weighted by atomic mass is 9.98. The van der Waals surface area contributed by atoms with Gasteiger partial charge in [-0.05, 0) is 43.2 Å². The Morgan fingerprint density at radius 3 is 2.85 bits per heavy atom. The van der Waals surface area contributed by atoms with E-state index in [0.717, 1.165) is 6.07 Å². The van der Waals surface area contributed by atoms with E-state index in [1.165, 1.54) is 34.9 Å². The minimum Gasteiger partial charge on any atom is -0.323 e. The second kappa shape index (κ2) is 7.69. The summed E-state index contributed by atoms with van der Waals surface area (Å²) in [5.74, 6) is -1.62. The first-order chi connectivity index (χ1) is 12.4. The second-order valence-corrected chi connectivity index (χ2v) is 8.38. The van der Waals surface area contributed by atoms with Crippen LogP contribution in [0.2, 0.25) is 5.02 Å². The minimum atomic E-state index is -3.72. The van der Waals surface area contributed by atoms with E-state index in [1.54, 1.807) is 6.07 Å². The number of pyridine rings is 1. The van der Waals surface area contributed by atoms with Gasteiger partial charge in [0.1, 0.15) is 10.7 Å². The molecular weight excluding hydrogens is 381 g/mol. The molecule has 0 spiro atoms. The van der Waals surface area contributed by atoms with Crippen molar-refractivity contribution < 1.29 is 17.6 Å². The van der Waals surface area contributed by atoms with Gasteiger partial charge in [0.05, 0.1) is 11.6 Å². The number of halogens is 2. The monoisotopic (exact) mass is 397 g/mol. The van der Waals surface area contributed by atoms with Gasteiger partial charge in [-0.25, -0.2) is 12.8 Å². The van der Waals surface area contributed by atoms with Gasteiger partial charge in [-0.1, -0.05) is 11.6 Å². The predicted octanol–water partition coefficient (Wildman–Crippen LogP) is 2.91. The number of carbonyl (C=O) groups is 1. The number of benzene rings is 1. The predicted molar refractivity (Wildman–Crippen MR) is 95.8 cm³/mol. The van der Waals surface area contributed by atoms with E-state index in [1.807, 2.05) is 0 Å². The number of hydrogen-bond acceptors (Lipinski definition) is 4. The van der Waals surface area contributed by atoms with E-state index in [2.05, 4.69) is 10.3 Å². The van der Waals surface area contributed by atoms with Crippen LogP contribution in [0.3, 0.4) is 0 Å². The number of piperidine rings is 1. The van der Waals surface area contributed by atoms with Crippen LogP contribution in [-0.4, -0.2) is 36.7 Å². The van der Waals surface area contributed by atoms with Gasteiger partial charge < -0.3 is 5.32 Å². The number of nitrogens with zero attached hydrogens (tertiary/aromatic N) is 2. The first-order valence-electron chi connectivity index (χ1n) is 8.04. The average Bonchev–Trinajstić information content (AvgIpc) is 2.65. The molecule has 138 valence electrons. The van der Waals surface area contributed by atoms with Crippen LogP contribution in [0.15, 0.2) is 47.6 Å². The largest absolute Gasteiger partial charge is 0.323 e. The van der Waals surface area contributed by atoms with Crippen molar-refractivity contribution in [1.29, 1.82) is 0 Å². The van der Waals surface area contributed by atoms with E-state index in [-0.39, 0.29) is 22.2 Å². The molecule has 6 nitrogen and oxygen atoms in total. The molecule has 0 bridgehead atoms. The Labute approximate surface area is 156 Å². The van der Waals surface area contributed by atoms with Crippen LogP contribution in [0.5, 0.6) is 0 Å². The molecule has 0 radical (unpaired) electrons. The van der Waals surface area contributed by atoms with Gasteiger partial charge in [-0.15, -0.1) is 0 Å². The molecular formula is C17H17ClFN3O3S. The zero-order valence-electron chi connectivity index (χ0n) is 13.7. The summed E-state index contributed by atoms with van der Waals surface area (Å²) in [6.45, 7) is 0.370. The third-order valence-electron chi connectivity index (χ3n) is 4.22. The molecule has 2 heterocycles. The highest BCUT2D eigenvalue weighted by Gasteiger charge is 2.33. The van der Waals surface area contributed by atoms with Gasteiger partial charge in [0.25, 0.3) is 0 Å². The van der Waals surface area contributed by atoms with Crippen molar-refractivity contribution in [3.05, 3.63) is 53.6 Å². The number of carbonyl (C=O) groups excluding carboxylic acids is 1. The molecule has 1 atom stereocenters. The molecule has 0 aliphatic carbocycles. The molecule has 1 unspecified atom stereocenters. The van der Waals surface area contributed by atoms with Crippen LogP contribution in [0, 0.1) is 11.7 Å². The molecule has 1 fully saturated rings. The molecule has 1 aromatic heterocycles. The first-order valence-corrected chi connectivity index (χ1v) is 9.86. The molecule has 26 heavy (non-hydrogen) atoms. The number of hydrogen-bond donors (Lipinski definition) is 1. The van der Waals surface area contributed by atoms with Crippen molar-refractivity contribution in [2.45, 2.75) is 17.7 Å². The van der Waals surface area contributed by atoms with E-state index < -0.39 is 27.7 Å². The first kappa shape index (κ1) is 18.8. The van der Waals surface area contributed by atoms with E-state index in [4.69, 9.17) is 11.6 Å². The van der Waals surface area contributed by atoms with Crippen molar-refractivity contribution in [2.75, 3.05) is 18.4 Å². The molecule has 0 saturated carbocycles. The van der Waals surface area contributed by atoms with Gasteiger partial charge in [0.15, 0.2) is 0 Å². The van der Waals surface area contributed by atoms with Gasteiger partial charge in [-0.3, -0.25) is 9.78 Å². The van der Waals surface area contributed by atoms with Gasteiger partial charge in [0, 0.05) is 30.5 Å². The van der Waals surface area contributed by atoms with E-state index in [0.29, 0.717) is 19.4 Å². The summed E-state index contributed by atoms with van der Waals surface area (Å²) >= 11 is 5.70. The quantitative estimate of drug-likeness (QED) is 0.860. The topological polar surface area (TPSA) is 79.4 Å².